The van der Waals surface area contributed by atoms with Gasteiger partial charge < -0.3 is 44.0 Å². The van der Waals surface area contributed by atoms with E-state index < -0.39 is 0 Å². The van der Waals surface area contributed by atoms with E-state index in [0.717, 1.165) is 191 Å². The summed E-state index contributed by atoms with van der Waals surface area (Å²) in [6.07, 6.45) is 3.73. The zero-order valence-electron chi connectivity index (χ0n) is 67.0. The third-order valence-corrected chi connectivity index (χ3v) is 24.4. The van der Waals surface area contributed by atoms with Gasteiger partial charge in [-0.15, -0.1) is 0 Å². The lowest BCUT2D eigenvalue weighted by Gasteiger charge is -2.40. The summed E-state index contributed by atoms with van der Waals surface area (Å²) in [7, 11) is 0. The van der Waals surface area contributed by atoms with E-state index in [1.54, 1.807) is 6.20 Å². The Labute approximate surface area is 700 Å². The fourth-order valence-electron chi connectivity index (χ4n) is 17.3. The minimum absolute atomic E-state index is 0.0444. The molecule has 14 aromatic rings. The molecular weight excluding hydrogens is 1500 g/mol. The number of thiocarbonyl (C=S) groups is 1. The van der Waals surface area contributed by atoms with Crippen LogP contribution >= 0.6 is 23.8 Å². The molecular formula is C99H99ClN12O5S. The van der Waals surface area contributed by atoms with Crippen LogP contribution in [-0.4, -0.2) is 200 Å². The van der Waals surface area contributed by atoms with Gasteiger partial charge >= 0.3 is 0 Å². The highest BCUT2D eigenvalue weighted by atomic mass is 35.5. The molecule has 4 fully saturated rings. The smallest absolute Gasteiger partial charge is 0.270 e. The molecule has 20 rings (SSSR count). The van der Waals surface area contributed by atoms with Crippen LogP contribution in [0.15, 0.2) is 267 Å². The summed E-state index contributed by atoms with van der Waals surface area (Å²) in [5, 5.41) is 4.96. The van der Waals surface area contributed by atoms with Crippen LogP contribution in [0.3, 0.4) is 0 Å². The Kier molecular flexibility index (Phi) is 24.3. The monoisotopic (exact) mass is 1600 g/mol. The van der Waals surface area contributed by atoms with E-state index in [1.807, 2.05) is 81.4 Å². The van der Waals surface area contributed by atoms with Crippen molar-refractivity contribution >= 4 is 90.1 Å². The number of ether oxygens (including phenoxy) is 2. The van der Waals surface area contributed by atoms with Crippen LogP contribution in [0.4, 0.5) is 0 Å². The summed E-state index contributed by atoms with van der Waals surface area (Å²) in [4.78, 5) is 72.3. The standard InChI is InChI=1S/C27H27N3S.C26H24ClN3O.C23H25N3O2.C23H23N3O2/c1-20-12-13-24-23(18-20)19-25(28-24)27(31)30-16-14-29(15-17-30)26(21-8-4-2-5-9-21)22-10-6-3-7-11-22;27-22-11-12-23-21(17-22)18-24(28-23)26(31)30-15-13-29(14-16-30)25(19-7-3-1-4-8-19)20-9-5-2-6-10-20;1-16-2-5-20-19(12-16)14-21(24-20)23(27)26-9-7-25(8-10-26)15-17-3-4-18-6-11-28-22(18)13-17;27-23(20-14-19-3-1-2-4-21(19)24-15-20)26-10-8-25(9-11-26)16-17-5-6-18-7-12-28-22(18)13-17/h2-13,18-19,26,28H,14-17H2,1H3;1-12,17-18,25,28H,13-16H2;2-5,12-14,24H,6-11,15H2,1H3;1-6,13-15H,7-12,16H2. The van der Waals surface area contributed by atoms with Crippen molar-refractivity contribution in [1.82, 2.24) is 59.1 Å². The van der Waals surface area contributed by atoms with Crippen LogP contribution in [0.25, 0.3) is 43.6 Å². The molecule has 3 N–H and O–H groups in total. The first-order valence-electron chi connectivity index (χ1n) is 41.4. The molecule has 3 amide bonds. The quantitative estimate of drug-likeness (QED) is 0.0887. The van der Waals surface area contributed by atoms with Gasteiger partial charge in [-0.05, 0) is 143 Å². The first-order valence-corrected chi connectivity index (χ1v) is 42.2. The maximum atomic E-state index is 13.1. The van der Waals surface area contributed by atoms with Gasteiger partial charge in [0.25, 0.3) is 17.7 Å². The first-order chi connectivity index (χ1) is 57.8. The Morgan fingerprint density at radius 2 is 0.780 bits per heavy atom. The van der Waals surface area contributed by atoms with Crippen LogP contribution in [0.5, 0.6) is 11.5 Å². The summed E-state index contributed by atoms with van der Waals surface area (Å²) in [6, 6.07) is 90.7. The Balaban J connectivity index is 0.000000113. The number of carbonyl (C=O) groups is 3. The lowest BCUT2D eigenvalue weighted by molar-refractivity contribution is 0.0591. The molecule has 0 aliphatic carbocycles. The molecule has 4 aromatic heterocycles. The number of amides is 3. The summed E-state index contributed by atoms with van der Waals surface area (Å²) in [6.45, 7) is 21.0. The number of halogens is 1. The van der Waals surface area contributed by atoms with Gasteiger partial charge in [-0.25, -0.2) is 0 Å². The van der Waals surface area contributed by atoms with Crippen LogP contribution in [0.2, 0.25) is 5.02 Å². The van der Waals surface area contributed by atoms with Crippen LogP contribution in [0, 0.1) is 13.8 Å². The van der Waals surface area contributed by atoms with E-state index >= 15 is 0 Å². The lowest BCUT2D eigenvalue weighted by Crippen LogP contribution is -2.50. The molecule has 118 heavy (non-hydrogen) atoms. The maximum absolute atomic E-state index is 13.1. The number of rotatable bonds is 14. The Morgan fingerprint density at radius 3 is 1.25 bits per heavy atom. The molecule has 598 valence electrons. The second kappa shape index (κ2) is 36.4. The summed E-state index contributed by atoms with van der Waals surface area (Å²) < 4.78 is 11.4. The number of hydrogen-bond donors (Lipinski definition) is 3. The van der Waals surface area contributed by atoms with E-state index in [4.69, 9.17) is 33.3 Å². The molecule has 10 heterocycles. The van der Waals surface area contributed by atoms with E-state index in [1.165, 1.54) is 61.0 Å². The first kappa shape index (κ1) is 78.8. The van der Waals surface area contributed by atoms with Gasteiger partial charge in [0.2, 0.25) is 0 Å². The van der Waals surface area contributed by atoms with Crippen molar-refractivity contribution in [2.24, 2.45) is 0 Å². The van der Waals surface area contributed by atoms with Gasteiger partial charge in [-0.1, -0.05) is 211 Å². The van der Waals surface area contributed by atoms with E-state index in [9.17, 15) is 14.4 Å². The number of carbonyl (C=O) groups excluding carboxylic acids is 3. The number of aryl methyl sites for hydroxylation is 2. The number of benzene rings is 10. The highest BCUT2D eigenvalue weighted by molar-refractivity contribution is 7.80. The number of piperazine rings is 4. The number of H-pyrrole nitrogens is 3. The second-order valence-electron chi connectivity index (χ2n) is 31.7. The molecule has 10 aromatic carbocycles. The van der Waals surface area contributed by atoms with Crippen molar-refractivity contribution in [2.75, 3.05) is 118 Å². The second-order valence-corrected chi connectivity index (χ2v) is 32.5. The van der Waals surface area contributed by atoms with Crippen molar-refractivity contribution in [3.05, 3.63) is 350 Å². The largest absolute Gasteiger partial charge is 0.493 e. The predicted molar refractivity (Wildman–Crippen MR) is 477 cm³/mol. The number of nitrogens with one attached hydrogen (secondary N) is 3. The van der Waals surface area contributed by atoms with Crippen LogP contribution < -0.4 is 9.47 Å². The Hall–Kier alpha value is -11.7. The number of aromatic nitrogens is 4. The van der Waals surface area contributed by atoms with Gasteiger partial charge in [0.1, 0.15) is 27.9 Å². The van der Waals surface area contributed by atoms with Gasteiger partial charge in [0.15, 0.2) is 0 Å². The highest BCUT2D eigenvalue weighted by Gasteiger charge is 2.32. The van der Waals surface area contributed by atoms with Crippen molar-refractivity contribution in [2.45, 2.75) is 51.9 Å². The molecule has 0 bridgehead atoms. The van der Waals surface area contributed by atoms with Crippen molar-refractivity contribution in [1.29, 1.82) is 0 Å². The molecule has 0 atom stereocenters. The minimum atomic E-state index is 0.0444. The van der Waals surface area contributed by atoms with E-state index in [2.05, 4.69) is 252 Å². The molecule has 0 unspecified atom stereocenters. The van der Waals surface area contributed by atoms with Gasteiger partial charge in [-0.2, -0.15) is 0 Å². The highest BCUT2D eigenvalue weighted by Crippen LogP contribution is 2.35. The van der Waals surface area contributed by atoms with Gasteiger partial charge in [0, 0.05) is 180 Å². The van der Waals surface area contributed by atoms with E-state index in [-0.39, 0.29) is 29.8 Å². The summed E-state index contributed by atoms with van der Waals surface area (Å²) >= 11 is 12.0. The van der Waals surface area contributed by atoms with Gasteiger partial charge in [0.05, 0.1) is 42.1 Å². The zero-order chi connectivity index (χ0) is 80.4. The van der Waals surface area contributed by atoms with Crippen molar-refractivity contribution in [3.63, 3.8) is 0 Å². The molecule has 6 aliphatic rings. The number of hydrogen-bond acceptors (Lipinski definition) is 11. The SMILES string of the molecule is Cc1ccc2[nH]c(C(=O)N3CCN(Cc4ccc5c(c4)OCC5)CC3)cc2c1.Cc1ccc2[nH]c(C(=S)N3CCN(C(c4ccccc4)c4ccccc4)CC3)cc2c1.O=C(c1cc2cc(Cl)ccc2[nH]1)N1CCN(C(c2ccccc2)c2ccccc2)CC1.O=C(c1cnc2ccccc2c1)N1CCN(Cc2ccc3c(c2)OCC3)CC1. The topological polar surface area (TPSA) is 156 Å². The molecule has 0 spiro atoms. The van der Waals surface area contributed by atoms with Crippen molar-refractivity contribution < 1.29 is 23.9 Å². The van der Waals surface area contributed by atoms with E-state index in [0.29, 0.717) is 35.1 Å². The lowest BCUT2D eigenvalue weighted by atomic mass is 9.96. The number of fused-ring (bicyclic) bond motifs is 6. The fraction of sp³-hybridized carbons (Fsp3) is 0.263. The number of aromatic amines is 3. The van der Waals surface area contributed by atoms with Crippen LogP contribution in [-0.2, 0) is 25.9 Å². The third kappa shape index (κ3) is 18.5. The summed E-state index contributed by atoms with van der Waals surface area (Å²) in [5.74, 6) is 2.29. The molecule has 4 saturated heterocycles. The van der Waals surface area contributed by atoms with Crippen molar-refractivity contribution in [3.8, 4) is 11.5 Å². The predicted octanol–water partition coefficient (Wildman–Crippen LogP) is 17.4. The molecule has 6 aliphatic heterocycles. The molecule has 0 radical (unpaired) electrons. The molecule has 19 heteroatoms. The number of nitrogens with zero attached hydrogens (tertiary/aromatic N) is 9. The Morgan fingerprint density at radius 1 is 0.390 bits per heavy atom. The minimum Gasteiger partial charge on any atom is -0.493 e. The number of pyridine rings is 1. The zero-order valence-corrected chi connectivity index (χ0v) is 68.5. The average Bonchev–Trinajstić information content (AvgIpc) is 1.52. The Bertz CT molecular complexity index is 5580. The average molecular weight is 1600 g/mol. The molecule has 17 nitrogen and oxygen atoms in total. The third-order valence-electron chi connectivity index (χ3n) is 23.7. The maximum Gasteiger partial charge on any atom is 0.270 e. The normalized spacial score (nSPS) is 15.9. The van der Waals surface area contributed by atoms with Gasteiger partial charge in [-0.3, -0.25) is 39.0 Å². The van der Waals surface area contributed by atoms with Crippen LogP contribution in [0.1, 0.15) is 105 Å². The molecule has 0 saturated carbocycles. The summed E-state index contributed by atoms with van der Waals surface area (Å²) in [5.41, 5.74) is 19.9. The fourth-order valence-corrected chi connectivity index (χ4v) is 17.8. The number of para-hydroxylation sites is 1.